The van der Waals surface area contributed by atoms with Crippen LogP contribution in [0.2, 0.25) is 0 Å². The summed E-state index contributed by atoms with van der Waals surface area (Å²) in [5.74, 6) is 0. The van der Waals surface area contributed by atoms with Crippen LogP contribution in [0.3, 0.4) is 0 Å². The van der Waals surface area contributed by atoms with E-state index in [4.69, 9.17) is 9.47 Å². The molecule has 1 fully saturated rings. The summed E-state index contributed by atoms with van der Waals surface area (Å²) in [7, 11) is 1.74. The number of ether oxygens (including phenoxy) is 2. The van der Waals surface area contributed by atoms with Gasteiger partial charge >= 0.3 is 0 Å². The molecule has 0 N–H and O–H groups in total. The van der Waals surface area contributed by atoms with Crippen molar-refractivity contribution >= 4 is 22.6 Å². The molecule has 0 saturated heterocycles. The average Bonchev–Trinajstić information content (AvgIpc) is 2.39. The first-order valence-electron chi connectivity index (χ1n) is 5.59. The van der Waals surface area contributed by atoms with Crippen molar-refractivity contribution < 1.29 is 9.47 Å². The Labute approximate surface area is 101 Å². The summed E-state index contributed by atoms with van der Waals surface area (Å²) in [6, 6.07) is 0. The lowest BCUT2D eigenvalue weighted by atomic mass is 10.1. The number of halogens is 1. The molecule has 0 bridgehead atoms. The van der Waals surface area contributed by atoms with E-state index in [1.54, 1.807) is 7.11 Å². The Morgan fingerprint density at radius 2 is 1.93 bits per heavy atom. The van der Waals surface area contributed by atoms with Crippen LogP contribution in [0.25, 0.3) is 0 Å². The molecule has 0 aromatic carbocycles. The van der Waals surface area contributed by atoms with Crippen molar-refractivity contribution in [2.24, 2.45) is 0 Å². The van der Waals surface area contributed by atoms with E-state index in [2.05, 4.69) is 22.6 Å². The molecular formula is C11H21IO2. The Bertz CT molecular complexity index is 141. The number of rotatable bonds is 5. The van der Waals surface area contributed by atoms with Crippen LogP contribution in [0, 0.1) is 0 Å². The third-order valence-corrected chi connectivity index (χ3v) is 4.12. The molecule has 2 atom stereocenters. The number of methoxy groups -OCH3 is 1. The van der Waals surface area contributed by atoms with Gasteiger partial charge in [0.05, 0.1) is 6.10 Å². The summed E-state index contributed by atoms with van der Waals surface area (Å²) in [5.41, 5.74) is 0. The van der Waals surface area contributed by atoms with Crippen LogP contribution in [0.5, 0.6) is 0 Å². The molecule has 14 heavy (non-hydrogen) atoms. The minimum absolute atomic E-state index is 0.495. The maximum absolute atomic E-state index is 5.89. The van der Waals surface area contributed by atoms with E-state index in [1.807, 2.05) is 0 Å². The van der Waals surface area contributed by atoms with Crippen LogP contribution in [0.4, 0.5) is 0 Å². The highest BCUT2D eigenvalue weighted by atomic mass is 127. The van der Waals surface area contributed by atoms with Crippen molar-refractivity contribution in [2.75, 3.05) is 20.3 Å². The van der Waals surface area contributed by atoms with Crippen molar-refractivity contribution in [3.63, 3.8) is 0 Å². The van der Waals surface area contributed by atoms with Crippen LogP contribution in [-0.4, -0.2) is 30.4 Å². The Balaban J connectivity index is 2.13. The van der Waals surface area contributed by atoms with Crippen LogP contribution in [-0.2, 0) is 9.47 Å². The average molecular weight is 312 g/mol. The molecule has 1 rings (SSSR count). The second kappa shape index (κ2) is 7.88. The Hall–Kier alpha value is 0.650. The number of alkyl halides is 1. The normalized spacial score (nSPS) is 28.7. The first-order chi connectivity index (χ1) is 6.84. The fraction of sp³-hybridized carbons (Fsp3) is 1.00. The van der Waals surface area contributed by atoms with Gasteiger partial charge in [0.15, 0.2) is 0 Å². The zero-order chi connectivity index (χ0) is 10.2. The van der Waals surface area contributed by atoms with Crippen LogP contribution < -0.4 is 0 Å². The zero-order valence-electron chi connectivity index (χ0n) is 9.01. The standard InChI is InChI=1S/C11H21IO2/c1-13-8-5-9-14-11-7-4-2-3-6-10(11)12/h10-11H,2-9H2,1H3. The molecule has 0 heterocycles. The minimum Gasteiger partial charge on any atom is -0.385 e. The van der Waals surface area contributed by atoms with Gasteiger partial charge in [-0.2, -0.15) is 0 Å². The van der Waals surface area contributed by atoms with Gasteiger partial charge in [-0.05, 0) is 19.3 Å². The molecule has 1 aliphatic rings. The molecule has 1 aliphatic carbocycles. The van der Waals surface area contributed by atoms with E-state index in [9.17, 15) is 0 Å². The van der Waals surface area contributed by atoms with E-state index in [-0.39, 0.29) is 0 Å². The smallest absolute Gasteiger partial charge is 0.0692 e. The Morgan fingerprint density at radius 3 is 2.71 bits per heavy atom. The lowest BCUT2D eigenvalue weighted by Gasteiger charge is -2.20. The zero-order valence-corrected chi connectivity index (χ0v) is 11.2. The molecule has 2 nitrogen and oxygen atoms in total. The highest BCUT2D eigenvalue weighted by Crippen LogP contribution is 2.26. The minimum atomic E-state index is 0.495. The molecule has 0 radical (unpaired) electrons. The third-order valence-electron chi connectivity index (χ3n) is 2.70. The largest absolute Gasteiger partial charge is 0.385 e. The van der Waals surface area contributed by atoms with Crippen molar-refractivity contribution in [1.82, 2.24) is 0 Å². The van der Waals surface area contributed by atoms with Crippen molar-refractivity contribution in [3.8, 4) is 0 Å². The van der Waals surface area contributed by atoms with E-state index in [1.165, 1.54) is 32.1 Å². The van der Waals surface area contributed by atoms with Gasteiger partial charge in [-0.25, -0.2) is 0 Å². The summed E-state index contributed by atoms with van der Waals surface area (Å²) >= 11 is 2.55. The fourth-order valence-electron chi connectivity index (χ4n) is 1.85. The first-order valence-corrected chi connectivity index (χ1v) is 6.83. The van der Waals surface area contributed by atoms with Gasteiger partial charge < -0.3 is 9.47 Å². The summed E-state index contributed by atoms with van der Waals surface area (Å²) in [4.78, 5) is 0. The van der Waals surface area contributed by atoms with Gasteiger partial charge in [-0.3, -0.25) is 0 Å². The summed E-state index contributed by atoms with van der Waals surface area (Å²) in [6.07, 6.45) is 8.21. The second-order valence-corrected chi connectivity index (χ2v) is 5.51. The molecular weight excluding hydrogens is 291 g/mol. The van der Waals surface area contributed by atoms with Crippen molar-refractivity contribution in [2.45, 2.75) is 48.6 Å². The predicted molar refractivity (Wildman–Crippen MR) is 67.1 cm³/mol. The van der Waals surface area contributed by atoms with Gasteiger partial charge in [0.2, 0.25) is 0 Å². The lowest BCUT2D eigenvalue weighted by molar-refractivity contribution is 0.0370. The van der Waals surface area contributed by atoms with Gasteiger partial charge in [-0.15, -0.1) is 0 Å². The quantitative estimate of drug-likeness (QED) is 0.336. The molecule has 0 spiro atoms. The summed E-state index contributed by atoms with van der Waals surface area (Å²) in [5, 5.41) is 0. The maximum atomic E-state index is 5.89. The Kier molecular flexibility index (Phi) is 7.16. The molecule has 0 aromatic rings. The molecule has 0 aromatic heterocycles. The highest BCUT2D eigenvalue weighted by molar-refractivity contribution is 14.1. The van der Waals surface area contributed by atoms with E-state index < -0.39 is 0 Å². The molecule has 0 amide bonds. The Morgan fingerprint density at radius 1 is 1.14 bits per heavy atom. The highest BCUT2D eigenvalue weighted by Gasteiger charge is 2.21. The number of hydrogen-bond donors (Lipinski definition) is 0. The monoisotopic (exact) mass is 312 g/mol. The predicted octanol–water partition coefficient (Wildman–Crippen LogP) is 3.18. The molecule has 2 unspecified atom stereocenters. The lowest BCUT2D eigenvalue weighted by Crippen LogP contribution is -2.23. The molecule has 84 valence electrons. The van der Waals surface area contributed by atoms with E-state index in [0.717, 1.165) is 23.6 Å². The summed E-state index contributed by atoms with van der Waals surface area (Å²) in [6.45, 7) is 1.68. The maximum Gasteiger partial charge on any atom is 0.0692 e. The summed E-state index contributed by atoms with van der Waals surface area (Å²) < 4.78 is 11.6. The molecule has 3 heteroatoms. The third kappa shape index (κ3) is 4.94. The van der Waals surface area contributed by atoms with Crippen LogP contribution >= 0.6 is 22.6 Å². The van der Waals surface area contributed by atoms with Crippen molar-refractivity contribution in [1.29, 1.82) is 0 Å². The van der Waals surface area contributed by atoms with E-state index in [0.29, 0.717) is 6.10 Å². The first kappa shape index (κ1) is 12.7. The second-order valence-electron chi connectivity index (χ2n) is 3.91. The molecule has 1 saturated carbocycles. The van der Waals surface area contributed by atoms with Crippen molar-refractivity contribution in [3.05, 3.63) is 0 Å². The number of hydrogen-bond acceptors (Lipinski definition) is 2. The van der Waals surface area contributed by atoms with Gasteiger partial charge in [0.25, 0.3) is 0 Å². The van der Waals surface area contributed by atoms with Crippen LogP contribution in [0.15, 0.2) is 0 Å². The molecule has 0 aliphatic heterocycles. The topological polar surface area (TPSA) is 18.5 Å². The SMILES string of the molecule is COCCCOC1CCCCCC1I. The van der Waals surface area contributed by atoms with Gasteiger partial charge in [0.1, 0.15) is 0 Å². The van der Waals surface area contributed by atoms with E-state index >= 15 is 0 Å². The van der Waals surface area contributed by atoms with Crippen LogP contribution in [0.1, 0.15) is 38.5 Å². The van der Waals surface area contributed by atoms with Gasteiger partial charge in [-0.1, -0.05) is 41.9 Å². The fourth-order valence-corrected chi connectivity index (χ4v) is 2.86. The van der Waals surface area contributed by atoms with Gasteiger partial charge in [0, 0.05) is 24.2 Å².